The lowest BCUT2D eigenvalue weighted by molar-refractivity contribution is -0.250. The maximum Gasteiger partial charge on any atom is 0.0796 e. The van der Waals surface area contributed by atoms with Crippen molar-refractivity contribution < 1.29 is 9.84 Å². The highest BCUT2D eigenvalue weighted by Gasteiger charge is 2.74. The van der Waals surface area contributed by atoms with E-state index in [0.717, 1.165) is 19.4 Å². The number of fused-ring (bicyclic) bond motifs is 12. The maximum atomic E-state index is 12.2. The molecule has 4 bridgehead atoms. The zero-order chi connectivity index (χ0) is 16.8. The Balaban J connectivity index is 1.57. The Morgan fingerprint density at radius 2 is 1.48 bits per heavy atom. The minimum atomic E-state index is -0.610. The van der Waals surface area contributed by atoms with Crippen LogP contribution in [-0.2, 0) is 4.74 Å². The molecule has 1 aliphatic heterocycles. The van der Waals surface area contributed by atoms with Gasteiger partial charge in [0.15, 0.2) is 0 Å². The van der Waals surface area contributed by atoms with Crippen LogP contribution in [0.4, 0.5) is 0 Å². The predicted octanol–water partition coefficient (Wildman–Crippen LogP) is 3.90. The van der Waals surface area contributed by atoms with E-state index in [0.29, 0.717) is 47.3 Å². The summed E-state index contributed by atoms with van der Waals surface area (Å²) in [4.78, 5) is 0. The first kappa shape index (κ1) is 15.0. The highest BCUT2D eigenvalue weighted by molar-refractivity contribution is 5.33. The first-order valence-electron chi connectivity index (χ1n) is 10.2. The van der Waals surface area contributed by atoms with Crippen LogP contribution in [0.15, 0.2) is 49.1 Å². The molecule has 25 heavy (non-hydrogen) atoms. The quantitative estimate of drug-likeness (QED) is 0.775. The molecule has 8 atom stereocenters. The molecule has 3 fully saturated rings. The Bertz CT molecular complexity index is 661. The Hall–Kier alpha value is -1.12. The summed E-state index contributed by atoms with van der Waals surface area (Å²) in [7, 11) is 0. The van der Waals surface area contributed by atoms with Crippen molar-refractivity contribution in [2.24, 2.45) is 47.3 Å². The van der Waals surface area contributed by atoms with Gasteiger partial charge in [-0.25, -0.2) is 0 Å². The Labute approximate surface area is 150 Å². The minimum absolute atomic E-state index is 0.0637. The molecule has 0 aromatic carbocycles. The van der Waals surface area contributed by atoms with Gasteiger partial charge in [0, 0.05) is 23.7 Å². The Kier molecular flexibility index (Phi) is 2.86. The van der Waals surface area contributed by atoms with Crippen LogP contribution < -0.4 is 0 Å². The van der Waals surface area contributed by atoms with Gasteiger partial charge in [0.05, 0.1) is 17.8 Å². The monoisotopic (exact) mass is 336 g/mol. The zero-order valence-electron chi connectivity index (χ0n) is 14.8. The molecular formula is C23H28O2. The molecule has 132 valence electrons. The molecular weight excluding hydrogens is 308 g/mol. The van der Waals surface area contributed by atoms with Crippen molar-refractivity contribution in [3.63, 3.8) is 0 Å². The van der Waals surface area contributed by atoms with Gasteiger partial charge in [-0.3, -0.25) is 0 Å². The van der Waals surface area contributed by atoms with Crippen LogP contribution in [0.5, 0.6) is 0 Å². The number of allylic oxidation sites excluding steroid dienone is 4. The summed E-state index contributed by atoms with van der Waals surface area (Å²) in [6, 6.07) is 0. The molecule has 0 aromatic heterocycles. The van der Waals surface area contributed by atoms with Gasteiger partial charge in [0.2, 0.25) is 0 Å². The molecule has 0 aromatic rings. The fourth-order valence-corrected chi connectivity index (χ4v) is 8.35. The van der Waals surface area contributed by atoms with Crippen LogP contribution in [0.2, 0.25) is 0 Å². The van der Waals surface area contributed by atoms with Gasteiger partial charge in [-0.1, -0.05) is 42.5 Å². The topological polar surface area (TPSA) is 29.5 Å². The third-order valence-electron chi connectivity index (χ3n) is 8.72. The van der Waals surface area contributed by atoms with E-state index in [2.05, 4.69) is 43.0 Å². The second-order valence-electron chi connectivity index (χ2n) is 9.43. The van der Waals surface area contributed by atoms with Gasteiger partial charge in [-0.2, -0.15) is 0 Å². The van der Waals surface area contributed by atoms with Gasteiger partial charge < -0.3 is 9.84 Å². The van der Waals surface area contributed by atoms with E-state index >= 15 is 0 Å². The highest BCUT2D eigenvalue weighted by atomic mass is 16.5. The van der Waals surface area contributed by atoms with Gasteiger partial charge in [-0.05, 0) is 49.4 Å². The molecule has 8 unspecified atom stereocenters. The zero-order valence-corrected chi connectivity index (χ0v) is 14.8. The van der Waals surface area contributed by atoms with Gasteiger partial charge in [0.25, 0.3) is 0 Å². The third-order valence-corrected chi connectivity index (χ3v) is 8.72. The van der Waals surface area contributed by atoms with E-state index in [-0.39, 0.29) is 5.60 Å². The first-order chi connectivity index (χ1) is 12.2. The fraction of sp³-hybridized carbons (Fsp3) is 0.652. The summed E-state index contributed by atoms with van der Waals surface area (Å²) in [6.45, 7) is 4.76. The lowest BCUT2D eigenvalue weighted by atomic mass is 9.47. The largest absolute Gasteiger partial charge is 0.389 e. The molecule has 1 spiro atoms. The van der Waals surface area contributed by atoms with E-state index in [4.69, 9.17) is 4.74 Å². The lowest BCUT2D eigenvalue weighted by Crippen LogP contribution is -2.68. The molecule has 2 heteroatoms. The summed E-state index contributed by atoms with van der Waals surface area (Å²) in [5.74, 6) is 3.81. The minimum Gasteiger partial charge on any atom is -0.389 e. The maximum absolute atomic E-state index is 12.2. The normalized spacial score (nSPS) is 59.6. The van der Waals surface area contributed by atoms with E-state index in [9.17, 15) is 5.11 Å². The summed E-state index contributed by atoms with van der Waals surface area (Å²) in [5.41, 5.74) is -0.674. The van der Waals surface area contributed by atoms with Crippen molar-refractivity contribution in [3.8, 4) is 0 Å². The van der Waals surface area contributed by atoms with E-state index < -0.39 is 5.60 Å². The lowest BCUT2D eigenvalue weighted by Gasteiger charge is -2.63. The molecule has 1 N–H and O–H groups in total. The standard InChI is InChI=1S/C23H28O2/c1-2-9-22(24)18-14-5-7-16(12-14)20(18)23(10-3-4-11-25-23)21-17-8-6-15(13-17)19(21)22/h2-8,14-21,24H,1,9-13H2. The van der Waals surface area contributed by atoms with Crippen LogP contribution in [0.25, 0.3) is 0 Å². The smallest absolute Gasteiger partial charge is 0.0796 e. The van der Waals surface area contributed by atoms with Gasteiger partial charge >= 0.3 is 0 Å². The van der Waals surface area contributed by atoms with Crippen LogP contribution in [-0.4, -0.2) is 22.9 Å². The van der Waals surface area contributed by atoms with Crippen LogP contribution >= 0.6 is 0 Å². The second kappa shape index (κ2) is 4.78. The van der Waals surface area contributed by atoms with Crippen LogP contribution in [0.3, 0.4) is 0 Å². The number of aliphatic hydroxyl groups is 1. The molecule has 0 saturated heterocycles. The summed E-state index contributed by atoms with van der Waals surface area (Å²) in [6.07, 6.45) is 20.4. The molecule has 5 aliphatic carbocycles. The number of rotatable bonds is 2. The molecule has 1 heterocycles. The SMILES string of the molecule is C=CCC1(O)C2C3C=CC(C3)C2C2(CC=CCO2)C2C3C=CC(C3)C21. The predicted molar refractivity (Wildman–Crippen MR) is 97.6 cm³/mol. The van der Waals surface area contributed by atoms with Gasteiger partial charge in [0.1, 0.15) is 0 Å². The summed E-state index contributed by atoms with van der Waals surface area (Å²) < 4.78 is 6.72. The molecule has 2 nitrogen and oxygen atoms in total. The fourth-order valence-electron chi connectivity index (χ4n) is 8.35. The number of hydrogen-bond acceptors (Lipinski definition) is 2. The van der Waals surface area contributed by atoms with Crippen LogP contribution in [0.1, 0.15) is 25.7 Å². The number of ether oxygens (including phenoxy) is 1. The van der Waals surface area contributed by atoms with Gasteiger partial charge in [-0.15, -0.1) is 6.58 Å². The van der Waals surface area contributed by atoms with Crippen molar-refractivity contribution in [2.75, 3.05) is 6.61 Å². The van der Waals surface area contributed by atoms with Crippen molar-refractivity contribution in [1.29, 1.82) is 0 Å². The van der Waals surface area contributed by atoms with Crippen molar-refractivity contribution in [2.45, 2.75) is 36.9 Å². The third kappa shape index (κ3) is 1.60. The molecule has 6 rings (SSSR count). The van der Waals surface area contributed by atoms with Crippen molar-refractivity contribution >= 4 is 0 Å². The highest BCUT2D eigenvalue weighted by Crippen LogP contribution is 2.72. The molecule has 6 aliphatic rings. The molecule has 3 saturated carbocycles. The van der Waals surface area contributed by atoms with E-state index in [1.165, 1.54) is 12.8 Å². The van der Waals surface area contributed by atoms with E-state index in [1.807, 2.05) is 6.08 Å². The second-order valence-corrected chi connectivity index (χ2v) is 9.43. The van der Waals surface area contributed by atoms with Crippen LogP contribution in [0, 0.1) is 47.3 Å². The average Bonchev–Trinajstić information content (AvgIpc) is 3.39. The summed E-state index contributed by atoms with van der Waals surface area (Å²) in [5, 5.41) is 12.2. The molecule has 0 radical (unpaired) electrons. The number of hydrogen-bond donors (Lipinski definition) is 1. The average molecular weight is 336 g/mol. The Morgan fingerprint density at radius 1 is 0.920 bits per heavy atom. The summed E-state index contributed by atoms with van der Waals surface area (Å²) >= 11 is 0. The van der Waals surface area contributed by atoms with Crippen molar-refractivity contribution in [3.05, 3.63) is 49.1 Å². The van der Waals surface area contributed by atoms with Crippen molar-refractivity contribution in [1.82, 2.24) is 0 Å². The Morgan fingerprint density at radius 3 is 1.96 bits per heavy atom. The van der Waals surface area contributed by atoms with E-state index in [1.54, 1.807) is 0 Å². The first-order valence-corrected chi connectivity index (χ1v) is 10.2. The molecule has 0 amide bonds.